The molecule has 1 aromatic carbocycles. The van der Waals surface area contributed by atoms with Gasteiger partial charge in [0.05, 0.1) is 37.5 Å². The third-order valence-corrected chi connectivity index (χ3v) is 4.80. The predicted molar refractivity (Wildman–Crippen MR) is 94.5 cm³/mol. The molecule has 0 spiro atoms. The van der Waals surface area contributed by atoms with E-state index in [0.717, 1.165) is 37.5 Å². The highest BCUT2D eigenvalue weighted by atomic mass is 32.2. The molecule has 6 nitrogen and oxygen atoms in total. The number of thioether (sulfide) groups is 1. The molecule has 0 aliphatic rings. The summed E-state index contributed by atoms with van der Waals surface area (Å²) in [6, 6.07) is 4.23. The van der Waals surface area contributed by atoms with E-state index in [1.54, 1.807) is 0 Å². The molecule has 0 bridgehead atoms. The third-order valence-electron chi connectivity index (χ3n) is 3.98. The normalized spacial score (nSPS) is 11.8. The van der Waals surface area contributed by atoms with E-state index in [4.69, 9.17) is 4.42 Å². The number of quaternary nitrogens is 1. The number of hydrogen-bond acceptors (Lipinski definition) is 5. The minimum Gasteiger partial charge on any atom is -0.414 e. The summed E-state index contributed by atoms with van der Waals surface area (Å²) in [6.07, 6.45) is -4.50. The van der Waals surface area contributed by atoms with Crippen LogP contribution < -0.4 is 10.2 Å². The van der Waals surface area contributed by atoms with Crippen molar-refractivity contribution in [3.63, 3.8) is 0 Å². The Labute approximate surface area is 159 Å². The lowest BCUT2D eigenvalue weighted by atomic mass is 10.1. The summed E-state index contributed by atoms with van der Waals surface area (Å²) in [6.45, 7) is 7.27. The third kappa shape index (κ3) is 6.55. The largest absolute Gasteiger partial charge is 0.416 e. The van der Waals surface area contributed by atoms with Gasteiger partial charge in [0, 0.05) is 5.56 Å². The Morgan fingerprint density at radius 2 is 2.00 bits per heavy atom. The van der Waals surface area contributed by atoms with Gasteiger partial charge in [-0.25, -0.2) is 0 Å². The highest BCUT2D eigenvalue weighted by Gasteiger charge is 2.30. The maximum absolute atomic E-state index is 12.7. The van der Waals surface area contributed by atoms with Crippen molar-refractivity contribution in [1.29, 1.82) is 0 Å². The van der Waals surface area contributed by atoms with Crippen molar-refractivity contribution in [2.45, 2.75) is 31.8 Å². The standard InChI is InChI=1S/C17H21F3N4O2S/c1-3-24(4-2)8-9-27-16-23-22-14(26-16)11-21-15(25)12-6-5-7-13(10-12)17(18,19)20/h5-7,10H,3-4,8-9,11H2,1-2H3,(H,21,25)/p+1. The maximum Gasteiger partial charge on any atom is 0.416 e. The summed E-state index contributed by atoms with van der Waals surface area (Å²) >= 11 is 1.44. The molecule has 2 rings (SSSR count). The van der Waals surface area contributed by atoms with Gasteiger partial charge < -0.3 is 14.6 Å². The number of benzene rings is 1. The highest BCUT2D eigenvalue weighted by molar-refractivity contribution is 7.99. The minimum absolute atomic E-state index is 0.0517. The van der Waals surface area contributed by atoms with E-state index >= 15 is 0 Å². The average molecular weight is 403 g/mol. The SMILES string of the molecule is CC[NH+](CC)CCSc1nnc(CNC(=O)c2cccc(C(F)(F)F)c2)o1. The molecule has 0 atom stereocenters. The van der Waals surface area contributed by atoms with Crippen LogP contribution in [0.4, 0.5) is 13.2 Å². The second-order valence-corrected chi connectivity index (χ2v) is 6.82. The van der Waals surface area contributed by atoms with E-state index in [9.17, 15) is 18.0 Å². The Balaban J connectivity index is 1.85. The zero-order valence-corrected chi connectivity index (χ0v) is 15.9. The van der Waals surface area contributed by atoms with E-state index in [1.165, 1.54) is 28.8 Å². The first-order valence-corrected chi connectivity index (χ1v) is 9.56. The molecule has 1 aromatic heterocycles. The second kappa shape index (κ2) is 9.75. The summed E-state index contributed by atoms with van der Waals surface area (Å²) in [5.74, 6) is 0.390. The van der Waals surface area contributed by atoms with Crippen LogP contribution in [0.15, 0.2) is 33.9 Å². The lowest BCUT2D eigenvalue weighted by Crippen LogP contribution is -3.11. The van der Waals surface area contributed by atoms with Crippen molar-refractivity contribution in [3.05, 3.63) is 41.3 Å². The van der Waals surface area contributed by atoms with Gasteiger partial charge in [0.25, 0.3) is 11.1 Å². The molecule has 0 saturated heterocycles. The number of nitrogens with one attached hydrogen (secondary N) is 2. The first-order valence-electron chi connectivity index (χ1n) is 8.57. The zero-order valence-electron chi connectivity index (χ0n) is 15.1. The predicted octanol–water partition coefficient (Wildman–Crippen LogP) is 2.04. The number of hydrogen-bond donors (Lipinski definition) is 2. The van der Waals surface area contributed by atoms with Crippen LogP contribution in [0, 0.1) is 0 Å². The fraction of sp³-hybridized carbons (Fsp3) is 0.471. The van der Waals surface area contributed by atoms with Crippen LogP contribution in [0.1, 0.15) is 35.7 Å². The van der Waals surface area contributed by atoms with Crippen LogP contribution in [0.25, 0.3) is 0 Å². The van der Waals surface area contributed by atoms with Crippen molar-refractivity contribution >= 4 is 17.7 Å². The van der Waals surface area contributed by atoms with Gasteiger partial charge in [0.1, 0.15) is 0 Å². The summed E-state index contributed by atoms with van der Waals surface area (Å²) < 4.78 is 43.6. The van der Waals surface area contributed by atoms with E-state index in [1.807, 2.05) is 0 Å². The van der Waals surface area contributed by atoms with Gasteiger partial charge in [0.15, 0.2) is 0 Å². The molecular weight excluding hydrogens is 381 g/mol. The maximum atomic E-state index is 12.7. The van der Waals surface area contributed by atoms with Crippen LogP contribution in [-0.2, 0) is 12.7 Å². The highest BCUT2D eigenvalue weighted by Crippen LogP contribution is 2.29. The molecule has 0 unspecified atom stereocenters. The van der Waals surface area contributed by atoms with Gasteiger partial charge in [-0.15, -0.1) is 10.2 Å². The number of aromatic nitrogens is 2. The topological polar surface area (TPSA) is 72.5 Å². The van der Waals surface area contributed by atoms with Crippen molar-refractivity contribution in [1.82, 2.24) is 15.5 Å². The molecule has 2 aromatic rings. The first kappa shape index (κ1) is 21.2. The van der Waals surface area contributed by atoms with E-state index in [2.05, 4.69) is 29.4 Å². The van der Waals surface area contributed by atoms with Crippen LogP contribution in [0.3, 0.4) is 0 Å². The molecule has 10 heteroatoms. The van der Waals surface area contributed by atoms with Gasteiger partial charge in [-0.3, -0.25) is 4.79 Å². The van der Waals surface area contributed by atoms with Crippen molar-refractivity contribution in [3.8, 4) is 0 Å². The Bertz CT molecular complexity index is 748. The molecule has 148 valence electrons. The number of nitrogens with zero attached hydrogens (tertiary/aromatic N) is 2. The molecule has 0 aliphatic heterocycles. The van der Waals surface area contributed by atoms with Crippen LogP contribution in [0.5, 0.6) is 0 Å². The summed E-state index contributed by atoms with van der Waals surface area (Å²) in [5, 5.41) is 10.6. The number of carbonyl (C=O) groups excluding carboxylic acids is 1. The Morgan fingerprint density at radius 1 is 1.26 bits per heavy atom. The molecule has 27 heavy (non-hydrogen) atoms. The molecule has 0 fully saturated rings. The molecule has 0 radical (unpaired) electrons. The monoisotopic (exact) mass is 403 g/mol. The summed E-state index contributed by atoms with van der Waals surface area (Å²) in [7, 11) is 0. The minimum atomic E-state index is -4.50. The van der Waals surface area contributed by atoms with Crippen molar-refractivity contribution in [2.24, 2.45) is 0 Å². The molecular formula is C17H22F3N4O2S+. The Morgan fingerprint density at radius 3 is 2.67 bits per heavy atom. The average Bonchev–Trinajstić information content (AvgIpc) is 3.10. The van der Waals surface area contributed by atoms with Gasteiger partial charge in [0.2, 0.25) is 5.89 Å². The zero-order chi connectivity index (χ0) is 19.9. The number of halogens is 3. The summed E-state index contributed by atoms with van der Waals surface area (Å²) in [5.41, 5.74) is -0.955. The number of rotatable bonds is 9. The number of amides is 1. The van der Waals surface area contributed by atoms with Gasteiger partial charge >= 0.3 is 6.18 Å². The number of carbonyl (C=O) groups is 1. The van der Waals surface area contributed by atoms with Gasteiger partial charge in [-0.05, 0) is 32.0 Å². The van der Waals surface area contributed by atoms with Crippen LogP contribution in [0.2, 0.25) is 0 Å². The Kier molecular flexibility index (Phi) is 7.66. The van der Waals surface area contributed by atoms with Crippen LogP contribution >= 0.6 is 11.8 Å². The van der Waals surface area contributed by atoms with Gasteiger partial charge in [-0.1, -0.05) is 17.8 Å². The quantitative estimate of drug-likeness (QED) is 0.627. The molecule has 0 saturated carbocycles. The fourth-order valence-corrected chi connectivity index (χ4v) is 3.17. The molecule has 2 N–H and O–H groups in total. The van der Waals surface area contributed by atoms with Crippen LogP contribution in [-0.4, -0.2) is 41.5 Å². The van der Waals surface area contributed by atoms with E-state index < -0.39 is 17.6 Å². The smallest absolute Gasteiger partial charge is 0.414 e. The van der Waals surface area contributed by atoms with Crippen molar-refractivity contribution in [2.75, 3.05) is 25.4 Å². The molecule has 1 amide bonds. The fourth-order valence-electron chi connectivity index (χ4n) is 2.35. The Hall–Kier alpha value is -2.07. The molecule has 0 aliphatic carbocycles. The first-order chi connectivity index (χ1) is 12.8. The van der Waals surface area contributed by atoms with Gasteiger partial charge in [-0.2, -0.15) is 13.2 Å². The summed E-state index contributed by atoms with van der Waals surface area (Å²) in [4.78, 5) is 13.5. The van der Waals surface area contributed by atoms with E-state index in [-0.39, 0.29) is 18.0 Å². The lowest BCUT2D eigenvalue weighted by Gasteiger charge is -2.13. The molecule has 1 heterocycles. The lowest BCUT2D eigenvalue weighted by molar-refractivity contribution is -0.893. The van der Waals surface area contributed by atoms with Crippen molar-refractivity contribution < 1.29 is 27.3 Å². The number of alkyl halides is 3. The second-order valence-electron chi connectivity index (χ2n) is 5.78. The van der Waals surface area contributed by atoms with E-state index in [0.29, 0.717) is 5.22 Å².